The van der Waals surface area contributed by atoms with Crippen LogP contribution >= 0.6 is 11.8 Å². The van der Waals surface area contributed by atoms with Crippen molar-refractivity contribution in [1.82, 2.24) is 15.3 Å². The Morgan fingerprint density at radius 3 is 2.47 bits per heavy atom. The first-order valence-electron chi connectivity index (χ1n) is 9.84. The fourth-order valence-corrected chi connectivity index (χ4v) is 3.91. The first-order valence-corrected chi connectivity index (χ1v) is 10.7. The molecule has 3 N–H and O–H groups in total. The molecule has 1 unspecified atom stereocenters. The third-order valence-electron chi connectivity index (χ3n) is 4.69. The highest BCUT2D eigenvalue weighted by molar-refractivity contribution is 7.99. The summed E-state index contributed by atoms with van der Waals surface area (Å²) in [5.74, 6) is -5.07. The zero-order chi connectivity index (χ0) is 24.8. The number of halogens is 1. The number of carbonyl (C=O) groups is 3. The first-order chi connectivity index (χ1) is 16.2. The Labute approximate surface area is 197 Å². The monoisotopic (exact) mass is 489 g/mol. The smallest absolute Gasteiger partial charge is 0.326 e. The maximum absolute atomic E-state index is 15.3. The lowest BCUT2D eigenvalue weighted by molar-refractivity contribution is -0.140. The van der Waals surface area contributed by atoms with E-state index >= 15 is 4.39 Å². The van der Waals surface area contributed by atoms with E-state index in [4.69, 9.17) is 14.6 Å². The number of aliphatic carboxylic acids is 2. The highest BCUT2D eigenvalue weighted by atomic mass is 32.2. The fourth-order valence-electron chi connectivity index (χ4n) is 3.09. The number of rotatable bonds is 10. The van der Waals surface area contributed by atoms with Crippen LogP contribution in [-0.4, -0.2) is 58.3 Å². The summed E-state index contributed by atoms with van der Waals surface area (Å²) in [4.78, 5) is 43.8. The van der Waals surface area contributed by atoms with Crippen LogP contribution in [0.1, 0.15) is 23.2 Å². The molecule has 34 heavy (non-hydrogen) atoms. The number of aromatic nitrogens is 2. The van der Waals surface area contributed by atoms with Crippen molar-refractivity contribution in [3.8, 4) is 11.5 Å². The molecule has 10 nitrogen and oxygen atoms in total. The average Bonchev–Trinajstić information content (AvgIpc) is 2.82. The SMILES string of the molecule is COc1cc(Sc2cnc3ccccc3n2)c(F)c(OC)c1C(=O)NC(CCC(=O)O)C(=O)O. The van der Waals surface area contributed by atoms with Gasteiger partial charge in [-0.25, -0.2) is 14.2 Å². The summed E-state index contributed by atoms with van der Waals surface area (Å²) in [5, 5.41) is 20.7. The number of amides is 1. The van der Waals surface area contributed by atoms with Gasteiger partial charge in [-0.15, -0.1) is 0 Å². The fraction of sp³-hybridized carbons (Fsp3) is 0.227. The van der Waals surface area contributed by atoms with Crippen LogP contribution in [-0.2, 0) is 9.59 Å². The predicted molar refractivity (Wildman–Crippen MR) is 119 cm³/mol. The van der Waals surface area contributed by atoms with Gasteiger partial charge in [0, 0.05) is 6.42 Å². The molecule has 178 valence electrons. The highest BCUT2D eigenvalue weighted by Gasteiger charge is 2.29. The minimum Gasteiger partial charge on any atom is -0.496 e. The second-order valence-corrected chi connectivity index (χ2v) is 7.96. The number of fused-ring (bicyclic) bond motifs is 1. The molecule has 1 heterocycles. The van der Waals surface area contributed by atoms with E-state index in [1.807, 2.05) is 6.07 Å². The molecule has 3 aromatic rings. The van der Waals surface area contributed by atoms with Gasteiger partial charge in [-0.1, -0.05) is 23.9 Å². The number of carbonyl (C=O) groups excluding carboxylic acids is 1. The van der Waals surface area contributed by atoms with Crippen LogP contribution in [0.2, 0.25) is 0 Å². The number of nitrogens with one attached hydrogen (secondary N) is 1. The van der Waals surface area contributed by atoms with Crippen molar-refractivity contribution in [2.75, 3.05) is 14.2 Å². The molecule has 0 spiro atoms. The predicted octanol–water partition coefficient (Wildman–Crippen LogP) is 2.99. The van der Waals surface area contributed by atoms with Gasteiger partial charge in [-0.2, -0.15) is 0 Å². The summed E-state index contributed by atoms with van der Waals surface area (Å²) in [5.41, 5.74) is 0.923. The summed E-state index contributed by atoms with van der Waals surface area (Å²) in [6.45, 7) is 0. The summed E-state index contributed by atoms with van der Waals surface area (Å²) < 4.78 is 25.7. The quantitative estimate of drug-likeness (QED) is 0.388. The molecule has 3 rings (SSSR count). The molecule has 0 saturated heterocycles. The summed E-state index contributed by atoms with van der Waals surface area (Å²) in [6.07, 6.45) is 0.631. The number of hydrogen-bond donors (Lipinski definition) is 3. The highest BCUT2D eigenvalue weighted by Crippen LogP contribution is 2.40. The lowest BCUT2D eigenvalue weighted by Crippen LogP contribution is -2.41. The summed E-state index contributed by atoms with van der Waals surface area (Å²) in [6, 6.07) is 6.92. The molecule has 0 bridgehead atoms. The molecule has 0 fully saturated rings. The molecule has 1 atom stereocenters. The van der Waals surface area contributed by atoms with Gasteiger partial charge in [-0.05, 0) is 24.6 Å². The third-order valence-corrected chi connectivity index (χ3v) is 5.62. The molecule has 0 saturated carbocycles. The molecular formula is C22H20FN3O7S. The van der Waals surface area contributed by atoms with E-state index in [1.165, 1.54) is 19.4 Å². The number of nitrogens with zero attached hydrogens (tertiary/aromatic N) is 2. The number of benzene rings is 2. The number of methoxy groups -OCH3 is 2. The van der Waals surface area contributed by atoms with Crippen molar-refractivity contribution in [3.63, 3.8) is 0 Å². The first kappa shape index (κ1) is 24.7. The van der Waals surface area contributed by atoms with Crippen LogP contribution < -0.4 is 14.8 Å². The van der Waals surface area contributed by atoms with Crippen molar-refractivity contribution in [2.45, 2.75) is 28.8 Å². The number of carboxylic acid groups (broad SMARTS) is 2. The van der Waals surface area contributed by atoms with Gasteiger partial charge >= 0.3 is 11.9 Å². The molecule has 0 radical (unpaired) electrons. The standard InChI is InChI=1S/C22H20FN3O7S/c1-32-14-9-15(34-16-10-24-11-5-3-4-6-12(11)25-16)19(23)20(33-2)18(14)21(29)26-13(22(30)31)7-8-17(27)28/h3-6,9-10,13H,7-8H2,1-2H3,(H,26,29)(H,27,28)(H,30,31). The topological polar surface area (TPSA) is 148 Å². The molecule has 12 heteroatoms. The summed E-state index contributed by atoms with van der Waals surface area (Å²) in [7, 11) is 2.41. The normalized spacial score (nSPS) is 11.6. The Hall–Kier alpha value is -3.93. The van der Waals surface area contributed by atoms with Crippen molar-refractivity contribution >= 4 is 40.6 Å². The average molecular weight is 489 g/mol. The lowest BCUT2D eigenvalue weighted by atomic mass is 10.1. The molecular weight excluding hydrogens is 469 g/mol. The molecule has 1 amide bonds. The Balaban J connectivity index is 1.95. The minimum absolute atomic E-state index is 0.0375. The Morgan fingerprint density at radius 2 is 1.85 bits per heavy atom. The molecule has 0 aliphatic rings. The maximum atomic E-state index is 15.3. The summed E-state index contributed by atoms with van der Waals surface area (Å²) >= 11 is 0.939. The van der Waals surface area contributed by atoms with E-state index < -0.39 is 41.9 Å². The Morgan fingerprint density at radius 1 is 1.15 bits per heavy atom. The second-order valence-electron chi connectivity index (χ2n) is 6.89. The molecule has 2 aromatic carbocycles. The number of ether oxygens (including phenoxy) is 2. The van der Waals surface area contributed by atoms with Crippen molar-refractivity contribution in [3.05, 3.63) is 47.9 Å². The van der Waals surface area contributed by atoms with Gasteiger partial charge in [0.2, 0.25) is 0 Å². The van der Waals surface area contributed by atoms with Crippen molar-refractivity contribution in [1.29, 1.82) is 0 Å². The van der Waals surface area contributed by atoms with E-state index in [9.17, 15) is 19.5 Å². The Kier molecular flexibility index (Phi) is 7.84. The van der Waals surface area contributed by atoms with Gasteiger partial charge in [-0.3, -0.25) is 14.6 Å². The molecule has 0 aliphatic heterocycles. The zero-order valence-corrected chi connectivity index (χ0v) is 18.9. The van der Waals surface area contributed by atoms with Gasteiger partial charge in [0.1, 0.15) is 22.4 Å². The van der Waals surface area contributed by atoms with E-state index in [0.717, 1.165) is 18.9 Å². The van der Waals surface area contributed by atoms with E-state index in [1.54, 1.807) is 18.2 Å². The van der Waals surface area contributed by atoms with Gasteiger partial charge in [0.25, 0.3) is 5.91 Å². The van der Waals surface area contributed by atoms with Crippen LogP contribution in [0.5, 0.6) is 11.5 Å². The number of hydrogen-bond acceptors (Lipinski definition) is 8. The number of carboxylic acids is 2. The third kappa shape index (κ3) is 5.52. The minimum atomic E-state index is -1.51. The molecule has 0 aliphatic carbocycles. The zero-order valence-electron chi connectivity index (χ0n) is 18.1. The van der Waals surface area contributed by atoms with Crippen LogP contribution in [0.3, 0.4) is 0 Å². The van der Waals surface area contributed by atoms with Gasteiger partial charge < -0.3 is 25.0 Å². The van der Waals surface area contributed by atoms with Crippen LogP contribution in [0.25, 0.3) is 11.0 Å². The van der Waals surface area contributed by atoms with Crippen molar-refractivity contribution in [2.24, 2.45) is 0 Å². The van der Waals surface area contributed by atoms with Crippen LogP contribution in [0.4, 0.5) is 4.39 Å². The lowest BCUT2D eigenvalue weighted by Gasteiger charge is -2.18. The largest absolute Gasteiger partial charge is 0.496 e. The van der Waals surface area contributed by atoms with Crippen LogP contribution in [0, 0.1) is 5.82 Å². The van der Waals surface area contributed by atoms with Crippen molar-refractivity contribution < 1.29 is 38.5 Å². The van der Waals surface area contributed by atoms with Crippen LogP contribution in [0.15, 0.2) is 46.5 Å². The molecule has 1 aromatic heterocycles. The van der Waals surface area contributed by atoms with E-state index in [2.05, 4.69) is 15.3 Å². The van der Waals surface area contributed by atoms with E-state index in [-0.39, 0.29) is 22.6 Å². The number of para-hydroxylation sites is 2. The maximum Gasteiger partial charge on any atom is 0.326 e. The van der Waals surface area contributed by atoms with Gasteiger partial charge in [0.15, 0.2) is 11.6 Å². The van der Waals surface area contributed by atoms with Gasteiger partial charge in [0.05, 0.1) is 36.3 Å². The second kappa shape index (κ2) is 10.8. The Bertz CT molecular complexity index is 1250. The van der Waals surface area contributed by atoms with E-state index in [0.29, 0.717) is 16.1 Å².